The number of alkyl halides is 1. The maximum atomic E-state index is 9.31. The van der Waals surface area contributed by atoms with Gasteiger partial charge in [0.05, 0.1) is 0 Å². The van der Waals surface area contributed by atoms with Gasteiger partial charge >= 0.3 is 22.4 Å². The topological polar surface area (TPSA) is 57.2 Å². The first-order valence-electron chi connectivity index (χ1n) is 1.06. The molecule has 0 spiro atoms. The van der Waals surface area contributed by atoms with E-state index < -0.39 is 15.3 Å². The molecule has 0 rings (SSSR count). The second-order valence-electron chi connectivity index (χ2n) is 0.667. The van der Waals surface area contributed by atoms with Gasteiger partial charge in [-0.3, -0.25) is 0 Å². The van der Waals surface area contributed by atoms with E-state index in [2.05, 4.69) is 11.6 Å². The molecule has 0 N–H and O–H groups in total. The van der Waals surface area contributed by atoms with Gasteiger partial charge in [-0.25, -0.2) is 8.42 Å². The molecule has 0 saturated heterocycles. The number of halogens is 1. The van der Waals surface area contributed by atoms with E-state index in [1.165, 1.54) is 0 Å². The zero-order chi connectivity index (χ0) is 5.21. The fourth-order valence-corrected chi connectivity index (χ4v) is 0. The van der Waals surface area contributed by atoms with Gasteiger partial charge < -0.3 is 4.55 Å². The van der Waals surface area contributed by atoms with Crippen LogP contribution in [0.4, 0.5) is 0 Å². The molecule has 0 unspecified atom stereocenters. The molecule has 0 aliphatic rings. The maximum absolute atomic E-state index is 9.31. The number of hydrogen-bond acceptors (Lipinski definition) is 3. The van der Waals surface area contributed by atoms with Gasteiger partial charge in [0, 0.05) is 0 Å². The van der Waals surface area contributed by atoms with Gasteiger partial charge in [0.2, 0.25) is 0 Å². The van der Waals surface area contributed by atoms with Crippen molar-refractivity contribution in [1.29, 1.82) is 0 Å². The summed E-state index contributed by atoms with van der Waals surface area (Å²) in [6.45, 7) is 0. The Bertz CT molecular complexity index is 117. The van der Waals surface area contributed by atoms with Crippen LogP contribution in [0.15, 0.2) is 0 Å². The average molecular weight is 237 g/mol. The summed E-state index contributed by atoms with van der Waals surface area (Å²) in [5, 5.41) is -0.840. The standard InChI is InChI=1S/CH3ClO3S.Ag/c2-1-6(3,4)5;/h1H2,(H,3,4,5);/q;+1/p-1. The molecule has 6 heteroatoms. The predicted octanol–water partition coefficient (Wildman–Crippen LogP) is -0.275. The summed E-state index contributed by atoms with van der Waals surface area (Å²) in [6.07, 6.45) is 0. The average Bonchev–Trinajstić information content (AvgIpc) is 1.35. The maximum Gasteiger partial charge on any atom is 1.00 e. The largest absolute Gasteiger partial charge is 1.00 e. The van der Waals surface area contributed by atoms with Crippen LogP contribution in [0.1, 0.15) is 0 Å². The molecule has 3 nitrogen and oxygen atoms in total. The van der Waals surface area contributed by atoms with Crippen molar-refractivity contribution < 1.29 is 35.4 Å². The fourth-order valence-electron chi connectivity index (χ4n) is 0. The third-order valence-electron chi connectivity index (χ3n) is 0.134. The van der Waals surface area contributed by atoms with Crippen molar-refractivity contribution in [3.63, 3.8) is 0 Å². The Hall–Kier alpha value is 0.940. The van der Waals surface area contributed by atoms with Crippen LogP contribution < -0.4 is 0 Å². The first kappa shape index (κ1) is 10.8. The molecule has 0 aliphatic heterocycles. The predicted molar refractivity (Wildman–Crippen MR) is 20.4 cm³/mol. The van der Waals surface area contributed by atoms with E-state index in [-0.39, 0.29) is 22.4 Å². The van der Waals surface area contributed by atoms with E-state index >= 15 is 0 Å². The molecule has 0 aromatic rings. The molecule has 0 atom stereocenters. The van der Waals surface area contributed by atoms with Gasteiger partial charge in [-0.2, -0.15) is 0 Å². The molecule has 48 valence electrons. The summed E-state index contributed by atoms with van der Waals surface area (Å²) in [5.41, 5.74) is 0. The zero-order valence-electron chi connectivity index (χ0n) is 3.02. The second kappa shape index (κ2) is 3.88. The first-order valence-corrected chi connectivity index (χ1v) is 3.17. The quantitative estimate of drug-likeness (QED) is 0.358. The molecule has 0 aliphatic carbocycles. The van der Waals surface area contributed by atoms with Crippen molar-refractivity contribution >= 4 is 21.7 Å². The molecule has 0 amide bonds. The van der Waals surface area contributed by atoms with Gasteiger partial charge in [-0.15, -0.1) is 11.6 Å². The van der Waals surface area contributed by atoms with Gasteiger partial charge in [0.25, 0.3) is 0 Å². The van der Waals surface area contributed by atoms with Crippen molar-refractivity contribution in [2.24, 2.45) is 0 Å². The summed E-state index contributed by atoms with van der Waals surface area (Å²) in [6, 6.07) is 0. The minimum atomic E-state index is -4.15. The fraction of sp³-hybridized carbons (Fsp3) is 1.00. The van der Waals surface area contributed by atoms with E-state index in [4.69, 9.17) is 0 Å². The zero-order valence-corrected chi connectivity index (χ0v) is 6.07. The third-order valence-corrected chi connectivity index (χ3v) is 1.20. The molecule has 0 aromatic heterocycles. The monoisotopic (exact) mass is 236 g/mol. The van der Waals surface area contributed by atoms with Crippen LogP contribution in [-0.4, -0.2) is 18.2 Å². The van der Waals surface area contributed by atoms with Gasteiger partial charge in [-0.05, 0) is 0 Å². The van der Waals surface area contributed by atoms with Gasteiger partial charge in [0.15, 0.2) is 0 Å². The van der Waals surface area contributed by atoms with Crippen LogP contribution in [0.3, 0.4) is 0 Å². The first-order chi connectivity index (χ1) is 2.56. The molecular weight excluding hydrogens is 235 g/mol. The summed E-state index contributed by atoms with van der Waals surface area (Å²) in [7, 11) is -4.15. The molecule has 0 radical (unpaired) electrons. The SMILES string of the molecule is O=S(=O)([O-])CCl.[Ag+]. The summed E-state index contributed by atoms with van der Waals surface area (Å²) in [4.78, 5) is 0. The van der Waals surface area contributed by atoms with Crippen LogP contribution in [0, 0.1) is 0 Å². The van der Waals surface area contributed by atoms with E-state index in [1.54, 1.807) is 0 Å². The van der Waals surface area contributed by atoms with Crippen LogP contribution >= 0.6 is 11.6 Å². The van der Waals surface area contributed by atoms with Crippen LogP contribution in [-0.2, 0) is 32.5 Å². The summed E-state index contributed by atoms with van der Waals surface area (Å²) < 4.78 is 27.9. The molecule has 0 fully saturated rings. The Labute approximate surface area is 62.3 Å². The smallest absolute Gasteiger partial charge is 0.747 e. The van der Waals surface area contributed by atoms with E-state index in [9.17, 15) is 13.0 Å². The summed E-state index contributed by atoms with van der Waals surface area (Å²) in [5.74, 6) is 0. The van der Waals surface area contributed by atoms with Crippen LogP contribution in [0.5, 0.6) is 0 Å². The van der Waals surface area contributed by atoms with Crippen molar-refractivity contribution in [1.82, 2.24) is 0 Å². The van der Waals surface area contributed by atoms with Crippen molar-refractivity contribution in [2.75, 3.05) is 5.21 Å². The molecule has 0 heterocycles. The Morgan fingerprint density at radius 1 is 1.57 bits per heavy atom. The van der Waals surface area contributed by atoms with Gasteiger partial charge in [-0.1, -0.05) is 0 Å². The van der Waals surface area contributed by atoms with Crippen molar-refractivity contribution in [3.05, 3.63) is 0 Å². The van der Waals surface area contributed by atoms with E-state index in [0.717, 1.165) is 0 Å². The molecule has 0 bridgehead atoms. The minimum absolute atomic E-state index is 0. The van der Waals surface area contributed by atoms with E-state index in [0.29, 0.717) is 0 Å². The third kappa shape index (κ3) is 10.9. The molecule has 7 heavy (non-hydrogen) atoms. The van der Waals surface area contributed by atoms with Gasteiger partial charge in [0.1, 0.15) is 15.3 Å². The van der Waals surface area contributed by atoms with Crippen LogP contribution in [0.2, 0.25) is 0 Å². The van der Waals surface area contributed by atoms with Crippen molar-refractivity contribution in [2.45, 2.75) is 0 Å². The Morgan fingerprint density at radius 2 is 1.71 bits per heavy atom. The minimum Gasteiger partial charge on any atom is -0.747 e. The second-order valence-corrected chi connectivity index (χ2v) is 2.66. The normalized spacial score (nSPS) is 10.0. The van der Waals surface area contributed by atoms with E-state index in [1.807, 2.05) is 0 Å². The number of hydrogen-bond donors (Lipinski definition) is 0. The molecule has 0 aromatic carbocycles. The Balaban J connectivity index is 0. The Kier molecular flexibility index (Phi) is 6.01. The number of rotatable bonds is 1. The molecular formula is CH2AgClO3S. The Morgan fingerprint density at radius 3 is 1.71 bits per heavy atom. The van der Waals surface area contributed by atoms with Crippen LogP contribution in [0.25, 0.3) is 0 Å². The summed E-state index contributed by atoms with van der Waals surface area (Å²) >= 11 is 4.58. The molecule has 0 saturated carbocycles. The van der Waals surface area contributed by atoms with Crippen molar-refractivity contribution in [3.8, 4) is 0 Å².